The van der Waals surface area contributed by atoms with Gasteiger partial charge in [-0.3, -0.25) is 4.90 Å². The Morgan fingerprint density at radius 2 is 1.65 bits per heavy atom. The number of anilines is 1. The Bertz CT molecular complexity index is 894. The lowest BCUT2D eigenvalue weighted by atomic mass is 9.89. The molecule has 3 aliphatic heterocycles. The summed E-state index contributed by atoms with van der Waals surface area (Å²) in [5.41, 5.74) is 2.12. The van der Waals surface area contributed by atoms with Crippen molar-refractivity contribution in [1.29, 1.82) is 0 Å². The molecule has 0 spiro atoms. The van der Waals surface area contributed by atoms with Crippen molar-refractivity contribution in [3.05, 3.63) is 59.1 Å². The Hall–Kier alpha value is -2.24. The summed E-state index contributed by atoms with van der Waals surface area (Å²) in [5.74, 6) is 1.38. The van der Waals surface area contributed by atoms with Gasteiger partial charge in [-0.2, -0.15) is 0 Å². The van der Waals surface area contributed by atoms with Gasteiger partial charge in [-0.15, -0.1) is 0 Å². The van der Waals surface area contributed by atoms with Crippen LogP contribution in [0.2, 0.25) is 5.02 Å². The van der Waals surface area contributed by atoms with Gasteiger partial charge in [-0.1, -0.05) is 23.7 Å². The van der Waals surface area contributed by atoms with Crippen molar-refractivity contribution in [3.63, 3.8) is 0 Å². The van der Waals surface area contributed by atoms with E-state index in [9.17, 15) is 4.79 Å². The zero-order valence-electron chi connectivity index (χ0n) is 17.8. The number of rotatable bonds is 4. The lowest BCUT2D eigenvalue weighted by molar-refractivity contribution is 0.159. The number of nitrogens with one attached hydrogen (secondary N) is 1. The molecule has 164 valence electrons. The highest BCUT2D eigenvalue weighted by Gasteiger charge is 2.38. The highest BCUT2D eigenvalue weighted by Crippen LogP contribution is 2.32. The van der Waals surface area contributed by atoms with Crippen LogP contribution < -0.4 is 10.1 Å². The van der Waals surface area contributed by atoms with Gasteiger partial charge in [0.2, 0.25) is 0 Å². The van der Waals surface area contributed by atoms with Crippen molar-refractivity contribution >= 4 is 23.3 Å². The third kappa shape index (κ3) is 4.68. The van der Waals surface area contributed by atoms with Gasteiger partial charge < -0.3 is 15.0 Å². The molecule has 2 aromatic carbocycles. The van der Waals surface area contributed by atoms with E-state index >= 15 is 0 Å². The summed E-state index contributed by atoms with van der Waals surface area (Å²) in [6.07, 6.45) is 5.88. The van der Waals surface area contributed by atoms with Crippen LogP contribution in [0.5, 0.6) is 5.75 Å². The molecule has 6 heteroatoms. The number of fused-ring (bicyclic) bond motifs is 1. The van der Waals surface area contributed by atoms with Crippen molar-refractivity contribution in [2.75, 3.05) is 31.5 Å². The summed E-state index contributed by atoms with van der Waals surface area (Å²) in [4.78, 5) is 17.2. The predicted octanol–water partition coefficient (Wildman–Crippen LogP) is 5.37. The van der Waals surface area contributed by atoms with Crippen LogP contribution >= 0.6 is 11.6 Å². The summed E-state index contributed by atoms with van der Waals surface area (Å²) in [5, 5.41) is 3.80. The van der Waals surface area contributed by atoms with E-state index in [0.717, 1.165) is 55.4 Å². The summed E-state index contributed by atoms with van der Waals surface area (Å²) in [6, 6.07) is 16.5. The lowest BCUT2D eigenvalue weighted by Crippen LogP contribution is -2.40. The van der Waals surface area contributed by atoms with Gasteiger partial charge in [-0.25, -0.2) is 4.79 Å². The smallest absolute Gasteiger partial charge is 0.321 e. The first-order chi connectivity index (χ1) is 15.2. The zero-order valence-corrected chi connectivity index (χ0v) is 18.6. The molecule has 2 aromatic rings. The number of benzene rings is 2. The quantitative estimate of drug-likeness (QED) is 0.696. The molecule has 0 radical (unpaired) electrons. The number of ether oxygens (including phenoxy) is 1. The largest absolute Gasteiger partial charge is 0.489 e. The minimum atomic E-state index is -0.0272. The zero-order chi connectivity index (χ0) is 21.2. The first-order valence-electron chi connectivity index (χ1n) is 11.5. The van der Waals surface area contributed by atoms with Crippen molar-refractivity contribution in [1.82, 2.24) is 9.80 Å². The van der Waals surface area contributed by atoms with Gasteiger partial charge in [0.05, 0.1) is 0 Å². The molecule has 3 aliphatic rings. The van der Waals surface area contributed by atoms with Crippen molar-refractivity contribution < 1.29 is 9.53 Å². The molecular formula is C25H30ClN3O2. The fourth-order valence-electron chi connectivity index (χ4n) is 5.32. The minimum absolute atomic E-state index is 0.0272. The molecule has 2 atom stereocenters. The number of amides is 2. The Labute approximate surface area is 189 Å². The maximum Gasteiger partial charge on any atom is 0.321 e. The number of hydrogen-bond acceptors (Lipinski definition) is 3. The molecule has 5 rings (SSSR count). The average Bonchev–Trinajstić information content (AvgIpc) is 3.41. The standard InChI is InChI=1S/C25H30ClN3O2/c26-20-5-3-18(4-6-20)19-11-15-29(16-12-19)25(30)27-21-7-9-22(10-8-21)31-24-13-17-28-14-1-2-23(24)28/h3-10,19,23-24H,1-2,11-17H2,(H,27,30)/t23-,24+/m1/s1. The van der Waals surface area contributed by atoms with Crippen LogP contribution in [0.3, 0.4) is 0 Å². The van der Waals surface area contributed by atoms with Crippen molar-refractivity contribution in [2.24, 2.45) is 0 Å². The first kappa shape index (κ1) is 20.7. The van der Waals surface area contributed by atoms with Crippen LogP contribution in [0.25, 0.3) is 0 Å². The van der Waals surface area contributed by atoms with Gasteiger partial charge in [-0.05, 0) is 86.5 Å². The Morgan fingerprint density at radius 3 is 2.39 bits per heavy atom. The van der Waals surface area contributed by atoms with Crippen molar-refractivity contribution in [3.8, 4) is 5.75 Å². The second-order valence-electron chi connectivity index (χ2n) is 8.96. The molecule has 3 fully saturated rings. The van der Waals surface area contributed by atoms with Crippen LogP contribution in [-0.2, 0) is 0 Å². The number of urea groups is 1. The van der Waals surface area contributed by atoms with Crippen LogP contribution in [-0.4, -0.2) is 54.2 Å². The normalized spacial score (nSPS) is 24.2. The van der Waals surface area contributed by atoms with Crippen LogP contribution in [0, 0.1) is 0 Å². The van der Waals surface area contributed by atoms with E-state index in [1.165, 1.54) is 24.9 Å². The van der Waals surface area contributed by atoms with E-state index in [0.29, 0.717) is 18.1 Å². The van der Waals surface area contributed by atoms with Gasteiger partial charge in [0.25, 0.3) is 0 Å². The van der Waals surface area contributed by atoms with Crippen molar-refractivity contribution in [2.45, 2.75) is 50.2 Å². The minimum Gasteiger partial charge on any atom is -0.489 e. The third-order valence-corrected chi connectivity index (χ3v) is 7.31. The Kier molecular flexibility index (Phi) is 6.06. The van der Waals surface area contributed by atoms with Crippen LogP contribution in [0.1, 0.15) is 43.6 Å². The molecule has 0 unspecified atom stereocenters. The van der Waals surface area contributed by atoms with E-state index in [2.05, 4.69) is 22.3 Å². The van der Waals surface area contributed by atoms with E-state index in [1.54, 1.807) is 0 Å². The fourth-order valence-corrected chi connectivity index (χ4v) is 5.44. The van der Waals surface area contributed by atoms with Gasteiger partial charge in [0.15, 0.2) is 0 Å². The number of hydrogen-bond donors (Lipinski definition) is 1. The van der Waals surface area contributed by atoms with E-state index < -0.39 is 0 Å². The topological polar surface area (TPSA) is 44.8 Å². The Balaban J connectivity index is 1.11. The molecule has 0 aliphatic carbocycles. The summed E-state index contributed by atoms with van der Waals surface area (Å²) in [6.45, 7) is 3.89. The molecule has 1 N–H and O–H groups in total. The maximum atomic E-state index is 12.7. The molecule has 5 nitrogen and oxygen atoms in total. The van der Waals surface area contributed by atoms with Crippen LogP contribution in [0.4, 0.5) is 10.5 Å². The highest BCUT2D eigenvalue weighted by atomic mass is 35.5. The third-order valence-electron chi connectivity index (χ3n) is 7.06. The molecule has 3 heterocycles. The molecule has 0 saturated carbocycles. The molecule has 31 heavy (non-hydrogen) atoms. The summed E-state index contributed by atoms with van der Waals surface area (Å²) >= 11 is 5.99. The number of likely N-dealkylation sites (tertiary alicyclic amines) is 1. The number of carbonyl (C=O) groups is 1. The number of halogens is 1. The fraction of sp³-hybridized carbons (Fsp3) is 0.480. The monoisotopic (exact) mass is 439 g/mol. The van der Waals surface area contributed by atoms with E-state index in [-0.39, 0.29) is 6.03 Å². The average molecular weight is 440 g/mol. The van der Waals surface area contributed by atoms with E-state index in [4.69, 9.17) is 16.3 Å². The summed E-state index contributed by atoms with van der Waals surface area (Å²) < 4.78 is 6.25. The number of piperidine rings is 1. The number of nitrogens with zero attached hydrogens (tertiary/aromatic N) is 2. The molecule has 2 amide bonds. The molecular weight excluding hydrogens is 410 g/mol. The molecule has 0 aromatic heterocycles. The maximum absolute atomic E-state index is 12.7. The van der Waals surface area contributed by atoms with E-state index in [1.807, 2.05) is 41.3 Å². The first-order valence-corrected chi connectivity index (χ1v) is 11.9. The Morgan fingerprint density at radius 1 is 0.903 bits per heavy atom. The van der Waals surface area contributed by atoms with Gasteiger partial charge in [0.1, 0.15) is 11.9 Å². The predicted molar refractivity (Wildman–Crippen MR) is 124 cm³/mol. The second-order valence-corrected chi connectivity index (χ2v) is 9.39. The summed E-state index contributed by atoms with van der Waals surface area (Å²) in [7, 11) is 0. The molecule has 0 bridgehead atoms. The highest BCUT2D eigenvalue weighted by molar-refractivity contribution is 6.30. The lowest BCUT2D eigenvalue weighted by Gasteiger charge is -2.32. The van der Waals surface area contributed by atoms with Crippen LogP contribution in [0.15, 0.2) is 48.5 Å². The second kappa shape index (κ2) is 9.09. The van der Waals surface area contributed by atoms with Gasteiger partial charge >= 0.3 is 6.03 Å². The number of carbonyl (C=O) groups excluding carboxylic acids is 1. The SMILES string of the molecule is O=C(Nc1ccc(O[C@H]2CCN3CCC[C@H]23)cc1)N1CCC(c2ccc(Cl)cc2)CC1. The van der Waals surface area contributed by atoms with Gasteiger partial charge in [0, 0.05) is 36.4 Å². The molecule has 3 saturated heterocycles.